The van der Waals surface area contributed by atoms with Gasteiger partial charge in [-0.2, -0.15) is 0 Å². The minimum Gasteiger partial charge on any atom is -0.458 e. The van der Waals surface area contributed by atoms with Gasteiger partial charge in [-0.05, 0) is 25.8 Å². The van der Waals surface area contributed by atoms with Crippen LogP contribution in [0.4, 0.5) is 0 Å². The van der Waals surface area contributed by atoms with Crippen LogP contribution in [-0.2, 0) is 35.2 Å². The zero-order chi connectivity index (χ0) is 17.2. The van der Waals surface area contributed by atoms with E-state index in [1.165, 1.54) is 13.8 Å². The minimum absolute atomic E-state index is 0.0998. The van der Waals surface area contributed by atoms with Crippen molar-refractivity contribution in [2.45, 2.75) is 52.4 Å². The molecule has 6 nitrogen and oxygen atoms in total. The van der Waals surface area contributed by atoms with Crippen LogP contribution < -0.4 is 0 Å². The van der Waals surface area contributed by atoms with Crippen LogP contribution in [0.1, 0.15) is 39.2 Å². The van der Waals surface area contributed by atoms with Crippen molar-refractivity contribution in [1.82, 2.24) is 0 Å². The van der Waals surface area contributed by atoms with Crippen molar-refractivity contribution in [2.75, 3.05) is 0 Å². The first-order chi connectivity index (χ1) is 10.9. The molecule has 1 aromatic rings. The topological polar surface area (TPSA) is 78.9 Å². The van der Waals surface area contributed by atoms with Gasteiger partial charge in [-0.25, -0.2) is 9.59 Å². The standard InChI is InChI=1S/C17H22O6/c1-4-8-15(18)22-13(3)17(20)23-12(2)16(19)21-11-14-9-6-5-7-10-14/h5-7,9-10,12-13H,4,8,11H2,1-3H3/t12-,13+/m1/s1. The first-order valence-electron chi connectivity index (χ1n) is 7.54. The molecule has 0 aromatic heterocycles. The third kappa shape index (κ3) is 6.95. The summed E-state index contributed by atoms with van der Waals surface area (Å²) in [6.07, 6.45) is -1.27. The van der Waals surface area contributed by atoms with Crippen LogP contribution >= 0.6 is 0 Å². The monoisotopic (exact) mass is 322 g/mol. The molecular weight excluding hydrogens is 300 g/mol. The molecule has 126 valence electrons. The fraction of sp³-hybridized carbons (Fsp3) is 0.471. The lowest BCUT2D eigenvalue weighted by Gasteiger charge is -2.16. The molecule has 0 heterocycles. The van der Waals surface area contributed by atoms with Crippen molar-refractivity contribution >= 4 is 17.9 Å². The molecule has 0 fully saturated rings. The van der Waals surface area contributed by atoms with E-state index in [1.54, 1.807) is 0 Å². The Labute approximate surface area is 135 Å². The van der Waals surface area contributed by atoms with E-state index in [-0.39, 0.29) is 13.0 Å². The summed E-state index contributed by atoms with van der Waals surface area (Å²) in [4.78, 5) is 34.9. The Morgan fingerprint density at radius 3 is 2.17 bits per heavy atom. The van der Waals surface area contributed by atoms with Crippen LogP contribution in [0, 0.1) is 0 Å². The van der Waals surface area contributed by atoms with Crippen LogP contribution in [0.25, 0.3) is 0 Å². The Bertz CT molecular complexity index is 525. The van der Waals surface area contributed by atoms with Gasteiger partial charge in [0.1, 0.15) is 6.61 Å². The van der Waals surface area contributed by atoms with Crippen LogP contribution in [0.3, 0.4) is 0 Å². The lowest BCUT2D eigenvalue weighted by Crippen LogP contribution is -2.33. The van der Waals surface area contributed by atoms with Gasteiger partial charge in [-0.3, -0.25) is 4.79 Å². The summed E-state index contributed by atoms with van der Waals surface area (Å²) in [7, 11) is 0. The van der Waals surface area contributed by atoms with E-state index in [1.807, 2.05) is 37.3 Å². The van der Waals surface area contributed by atoms with Crippen molar-refractivity contribution in [2.24, 2.45) is 0 Å². The number of benzene rings is 1. The first-order valence-corrected chi connectivity index (χ1v) is 7.54. The third-order valence-corrected chi connectivity index (χ3v) is 2.94. The molecule has 6 heteroatoms. The van der Waals surface area contributed by atoms with Gasteiger partial charge in [-0.15, -0.1) is 0 Å². The van der Waals surface area contributed by atoms with Crippen molar-refractivity contribution in [3.63, 3.8) is 0 Å². The molecule has 0 saturated carbocycles. The smallest absolute Gasteiger partial charge is 0.347 e. The van der Waals surface area contributed by atoms with Gasteiger partial charge in [0.05, 0.1) is 0 Å². The number of carbonyl (C=O) groups excluding carboxylic acids is 3. The van der Waals surface area contributed by atoms with Gasteiger partial charge in [0.2, 0.25) is 0 Å². The Hall–Kier alpha value is -2.37. The summed E-state index contributed by atoms with van der Waals surface area (Å²) in [6.45, 7) is 4.74. The van der Waals surface area contributed by atoms with Gasteiger partial charge in [-0.1, -0.05) is 37.3 Å². The minimum atomic E-state index is -1.07. The summed E-state index contributed by atoms with van der Waals surface area (Å²) >= 11 is 0. The van der Waals surface area contributed by atoms with Crippen molar-refractivity contribution in [3.8, 4) is 0 Å². The maximum absolute atomic E-state index is 11.8. The Balaban J connectivity index is 2.38. The molecule has 0 aliphatic rings. The van der Waals surface area contributed by atoms with Crippen LogP contribution in [0.2, 0.25) is 0 Å². The number of hydrogen-bond donors (Lipinski definition) is 0. The third-order valence-electron chi connectivity index (χ3n) is 2.94. The normalized spacial score (nSPS) is 12.8. The highest BCUT2D eigenvalue weighted by Gasteiger charge is 2.25. The zero-order valence-electron chi connectivity index (χ0n) is 13.6. The summed E-state index contributed by atoms with van der Waals surface area (Å²) in [6, 6.07) is 9.16. The molecule has 0 saturated heterocycles. The average Bonchev–Trinajstić information content (AvgIpc) is 2.53. The molecule has 1 aromatic carbocycles. The maximum Gasteiger partial charge on any atom is 0.347 e. The van der Waals surface area contributed by atoms with Crippen LogP contribution in [0.15, 0.2) is 30.3 Å². The summed E-state index contributed by atoms with van der Waals surface area (Å²) in [5, 5.41) is 0. The lowest BCUT2D eigenvalue weighted by atomic mass is 10.2. The number of carbonyl (C=O) groups is 3. The molecule has 0 radical (unpaired) electrons. The summed E-state index contributed by atoms with van der Waals surface area (Å²) in [5.74, 6) is -1.91. The molecule has 0 N–H and O–H groups in total. The van der Waals surface area contributed by atoms with E-state index in [9.17, 15) is 14.4 Å². The van der Waals surface area contributed by atoms with Gasteiger partial charge < -0.3 is 14.2 Å². The SMILES string of the molecule is CCCC(=O)O[C@@H](C)C(=O)O[C@H](C)C(=O)OCc1ccccc1. The predicted octanol–water partition coefficient (Wildman–Crippen LogP) is 2.39. The highest BCUT2D eigenvalue weighted by Crippen LogP contribution is 2.06. The second-order valence-electron chi connectivity index (χ2n) is 5.05. The average molecular weight is 322 g/mol. The molecule has 0 amide bonds. The van der Waals surface area contributed by atoms with E-state index in [2.05, 4.69) is 0 Å². The predicted molar refractivity (Wildman–Crippen MR) is 82.3 cm³/mol. The largest absolute Gasteiger partial charge is 0.458 e. The van der Waals surface area contributed by atoms with E-state index in [0.717, 1.165) is 5.56 Å². The summed E-state index contributed by atoms with van der Waals surface area (Å²) < 4.78 is 14.9. The number of hydrogen-bond acceptors (Lipinski definition) is 6. The van der Waals surface area contributed by atoms with Crippen molar-refractivity contribution in [1.29, 1.82) is 0 Å². The fourth-order valence-electron chi connectivity index (χ4n) is 1.67. The van der Waals surface area contributed by atoms with Gasteiger partial charge >= 0.3 is 17.9 Å². The Kier molecular flexibility index (Phi) is 7.80. The number of rotatable bonds is 8. The molecule has 0 unspecified atom stereocenters. The second-order valence-corrected chi connectivity index (χ2v) is 5.05. The van der Waals surface area contributed by atoms with Gasteiger partial charge in [0.25, 0.3) is 0 Å². The molecule has 0 aliphatic heterocycles. The molecule has 0 aliphatic carbocycles. The molecule has 2 atom stereocenters. The van der Waals surface area contributed by atoms with E-state index >= 15 is 0 Å². The molecular formula is C17H22O6. The molecule has 0 bridgehead atoms. The maximum atomic E-state index is 11.8. The van der Waals surface area contributed by atoms with E-state index in [0.29, 0.717) is 6.42 Å². The Morgan fingerprint density at radius 1 is 0.957 bits per heavy atom. The lowest BCUT2D eigenvalue weighted by molar-refractivity contribution is -0.177. The molecule has 23 heavy (non-hydrogen) atoms. The van der Waals surface area contributed by atoms with Crippen LogP contribution in [-0.4, -0.2) is 30.1 Å². The quantitative estimate of drug-likeness (QED) is 0.540. The fourth-order valence-corrected chi connectivity index (χ4v) is 1.67. The van der Waals surface area contributed by atoms with Gasteiger partial charge in [0, 0.05) is 6.42 Å². The van der Waals surface area contributed by atoms with Crippen molar-refractivity contribution in [3.05, 3.63) is 35.9 Å². The van der Waals surface area contributed by atoms with E-state index in [4.69, 9.17) is 14.2 Å². The number of ether oxygens (including phenoxy) is 3. The summed E-state index contributed by atoms with van der Waals surface area (Å²) in [5.41, 5.74) is 0.834. The van der Waals surface area contributed by atoms with Crippen molar-refractivity contribution < 1.29 is 28.6 Å². The molecule has 1 rings (SSSR count). The zero-order valence-corrected chi connectivity index (χ0v) is 13.6. The first kappa shape index (κ1) is 18.7. The second kappa shape index (κ2) is 9.61. The molecule has 0 spiro atoms. The van der Waals surface area contributed by atoms with Crippen LogP contribution in [0.5, 0.6) is 0 Å². The highest BCUT2D eigenvalue weighted by atomic mass is 16.6. The number of esters is 3. The van der Waals surface area contributed by atoms with E-state index < -0.39 is 30.1 Å². The highest BCUT2D eigenvalue weighted by molar-refractivity contribution is 5.82. The Morgan fingerprint density at radius 2 is 1.57 bits per heavy atom. The van der Waals surface area contributed by atoms with Gasteiger partial charge in [0.15, 0.2) is 12.2 Å².